The first kappa shape index (κ1) is 22.0. The summed E-state index contributed by atoms with van der Waals surface area (Å²) in [7, 11) is 1.71. The summed E-state index contributed by atoms with van der Waals surface area (Å²) >= 11 is 5.45. The molecular weight excluding hydrogens is 384 g/mol. The Morgan fingerprint density at radius 2 is 1.69 bits per heavy atom. The Labute approximate surface area is 180 Å². The third-order valence-electron chi connectivity index (χ3n) is 5.70. The van der Waals surface area contributed by atoms with E-state index in [-0.39, 0.29) is 0 Å². The number of rotatable bonds is 7. The van der Waals surface area contributed by atoms with E-state index in [9.17, 15) is 0 Å². The molecule has 0 spiro atoms. The number of nitrogens with one attached hydrogen (secondary N) is 2. The van der Waals surface area contributed by atoms with Gasteiger partial charge in [-0.25, -0.2) is 0 Å². The summed E-state index contributed by atoms with van der Waals surface area (Å²) < 4.78 is 5.09. The van der Waals surface area contributed by atoms with Crippen LogP contribution in [0.2, 0.25) is 0 Å². The Bertz CT molecular complexity index is 632. The average Bonchev–Trinajstić information content (AvgIpc) is 2.71. The van der Waals surface area contributed by atoms with Crippen molar-refractivity contribution in [2.75, 3.05) is 61.6 Å². The highest BCUT2D eigenvalue weighted by Crippen LogP contribution is 2.28. The van der Waals surface area contributed by atoms with Crippen molar-refractivity contribution < 1.29 is 4.74 Å². The van der Waals surface area contributed by atoms with Crippen molar-refractivity contribution >= 4 is 34.9 Å². The summed E-state index contributed by atoms with van der Waals surface area (Å²) in [5.74, 6) is 3.97. The van der Waals surface area contributed by atoms with Gasteiger partial charge in [-0.15, -0.1) is 0 Å². The fraction of sp³-hybridized carbons (Fsp3) is 0.762. The minimum Gasteiger partial charge on any atom is -0.385 e. The van der Waals surface area contributed by atoms with Crippen LogP contribution in [0, 0.1) is 11.8 Å². The highest BCUT2D eigenvalue weighted by Gasteiger charge is 2.23. The predicted molar refractivity (Wildman–Crippen MR) is 124 cm³/mol. The molecule has 1 aromatic heterocycles. The summed E-state index contributed by atoms with van der Waals surface area (Å²) in [5.41, 5.74) is 0. The second-order valence-corrected chi connectivity index (χ2v) is 8.93. The molecule has 7 nitrogen and oxygen atoms in total. The maximum atomic E-state index is 5.45. The number of thiocarbonyl (C=S) groups is 1. The van der Waals surface area contributed by atoms with Crippen molar-refractivity contribution in [3.63, 3.8) is 0 Å². The van der Waals surface area contributed by atoms with E-state index in [1.54, 1.807) is 7.11 Å². The molecule has 0 bridgehead atoms. The maximum absolute atomic E-state index is 5.45. The van der Waals surface area contributed by atoms with Crippen molar-refractivity contribution in [3.05, 3.63) is 6.07 Å². The summed E-state index contributed by atoms with van der Waals surface area (Å²) in [4.78, 5) is 14.4. The van der Waals surface area contributed by atoms with E-state index in [0.29, 0.717) is 29.5 Å². The third kappa shape index (κ3) is 6.67. The highest BCUT2D eigenvalue weighted by molar-refractivity contribution is 7.80. The average molecular weight is 421 g/mol. The third-order valence-corrected chi connectivity index (χ3v) is 5.94. The number of ether oxygens (including phenoxy) is 1. The van der Waals surface area contributed by atoms with Gasteiger partial charge >= 0.3 is 0 Å². The van der Waals surface area contributed by atoms with Crippen molar-refractivity contribution in [2.45, 2.75) is 46.0 Å². The Kier molecular flexibility index (Phi) is 8.29. The highest BCUT2D eigenvalue weighted by atomic mass is 32.1. The van der Waals surface area contributed by atoms with Crippen LogP contribution in [0.4, 0.5) is 17.6 Å². The standard InChI is InChI=1S/C21H36N6OS/c1-16-7-4-10-26(14-16)18-13-19(27-11-5-8-17(2)15-27)24-20(23-18)25-21(29)22-9-6-12-28-3/h13,16-17H,4-12,14-15H2,1-3H3,(H2,22,23,24,25,29). The van der Waals surface area contributed by atoms with Crippen molar-refractivity contribution in [1.29, 1.82) is 0 Å². The lowest BCUT2D eigenvalue weighted by molar-refractivity contribution is 0.196. The molecule has 2 aliphatic heterocycles. The topological polar surface area (TPSA) is 65.6 Å². The lowest BCUT2D eigenvalue weighted by atomic mass is 10.00. The van der Waals surface area contributed by atoms with E-state index in [1.165, 1.54) is 25.7 Å². The van der Waals surface area contributed by atoms with Gasteiger partial charge in [0.1, 0.15) is 11.6 Å². The van der Waals surface area contributed by atoms with Crippen LogP contribution in [0.5, 0.6) is 0 Å². The van der Waals surface area contributed by atoms with Gasteiger partial charge in [-0.2, -0.15) is 9.97 Å². The number of piperidine rings is 2. The van der Waals surface area contributed by atoms with E-state index < -0.39 is 0 Å². The minimum atomic E-state index is 0.559. The van der Waals surface area contributed by atoms with Gasteiger partial charge in [0.2, 0.25) is 5.95 Å². The van der Waals surface area contributed by atoms with E-state index in [0.717, 1.165) is 50.8 Å². The molecule has 162 valence electrons. The van der Waals surface area contributed by atoms with E-state index in [4.69, 9.17) is 26.9 Å². The van der Waals surface area contributed by atoms with Gasteiger partial charge in [-0.1, -0.05) is 13.8 Å². The molecule has 0 amide bonds. The van der Waals surface area contributed by atoms with Crippen LogP contribution in [0.25, 0.3) is 0 Å². The van der Waals surface area contributed by atoms with Crippen LogP contribution in [-0.2, 0) is 4.74 Å². The maximum Gasteiger partial charge on any atom is 0.232 e. The van der Waals surface area contributed by atoms with Crippen LogP contribution in [-0.4, -0.2) is 61.5 Å². The van der Waals surface area contributed by atoms with Crippen molar-refractivity contribution in [3.8, 4) is 0 Å². The van der Waals surface area contributed by atoms with Gasteiger partial charge in [-0.3, -0.25) is 0 Å². The second kappa shape index (κ2) is 10.9. The lowest BCUT2D eigenvalue weighted by Gasteiger charge is -2.35. The lowest BCUT2D eigenvalue weighted by Crippen LogP contribution is -2.37. The predicted octanol–water partition coefficient (Wildman–Crippen LogP) is 3.27. The molecule has 0 radical (unpaired) electrons. The van der Waals surface area contributed by atoms with Crippen LogP contribution in [0.15, 0.2) is 6.07 Å². The molecule has 2 fully saturated rings. The molecule has 2 atom stereocenters. The van der Waals surface area contributed by atoms with Gasteiger partial charge in [-0.05, 0) is 56.2 Å². The van der Waals surface area contributed by atoms with Crippen LogP contribution < -0.4 is 20.4 Å². The summed E-state index contributed by atoms with van der Waals surface area (Å²) in [6, 6.07) is 2.16. The molecule has 2 aliphatic rings. The molecule has 0 saturated carbocycles. The first-order valence-electron chi connectivity index (χ1n) is 11.0. The molecule has 2 saturated heterocycles. The summed E-state index contributed by atoms with van der Waals surface area (Å²) in [6.45, 7) is 10.3. The molecule has 1 aromatic rings. The number of aromatic nitrogens is 2. The van der Waals surface area contributed by atoms with Crippen molar-refractivity contribution in [1.82, 2.24) is 15.3 Å². The first-order valence-corrected chi connectivity index (χ1v) is 11.4. The Morgan fingerprint density at radius 3 is 2.21 bits per heavy atom. The van der Waals surface area contributed by atoms with E-state index in [2.05, 4.69) is 40.3 Å². The molecule has 8 heteroatoms. The smallest absolute Gasteiger partial charge is 0.232 e. The number of hydrogen-bond acceptors (Lipinski definition) is 6. The minimum absolute atomic E-state index is 0.559. The first-order chi connectivity index (χ1) is 14.0. The van der Waals surface area contributed by atoms with E-state index >= 15 is 0 Å². The number of nitrogens with zero attached hydrogens (tertiary/aromatic N) is 4. The van der Waals surface area contributed by atoms with Gasteiger partial charge in [0.05, 0.1) is 0 Å². The normalized spacial score (nSPS) is 22.4. The summed E-state index contributed by atoms with van der Waals surface area (Å²) in [6.07, 6.45) is 5.91. The van der Waals surface area contributed by atoms with Crippen LogP contribution in [0.1, 0.15) is 46.0 Å². The molecule has 29 heavy (non-hydrogen) atoms. The Hall–Kier alpha value is -1.67. The van der Waals surface area contributed by atoms with Gasteiger partial charge in [0, 0.05) is 52.5 Å². The molecule has 0 aliphatic carbocycles. The van der Waals surface area contributed by atoms with Gasteiger partial charge < -0.3 is 25.2 Å². The molecule has 3 heterocycles. The SMILES string of the molecule is COCCCNC(=S)Nc1nc(N2CCCC(C)C2)cc(N2CCCC(C)C2)n1. The Morgan fingerprint density at radius 1 is 1.10 bits per heavy atom. The van der Waals surface area contributed by atoms with Crippen LogP contribution >= 0.6 is 12.2 Å². The number of hydrogen-bond donors (Lipinski definition) is 2. The van der Waals surface area contributed by atoms with Gasteiger partial charge in [0.25, 0.3) is 0 Å². The van der Waals surface area contributed by atoms with Crippen molar-refractivity contribution in [2.24, 2.45) is 11.8 Å². The Balaban J connectivity index is 1.75. The quantitative estimate of drug-likeness (QED) is 0.515. The number of methoxy groups -OCH3 is 1. The molecular formula is C21H36N6OS. The van der Waals surface area contributed by atoms with Crippen LogP contribution in [0.3, 0.4) is 0 Å². The molecule has 3 rings (SSSR count). The van der Waals surface area contributed by atoms with E-state index in [1.807, 2.05) is 0 Å². The molecule has 2 unspecified atom stereocenters. The second-order valence-electron chi connectivity index (χ2n) is 8.52. The zero-order valence-electron chi connectivity index (χ0n) is 18.1. The monoisotopic (exact) mass is 420 g/mol. The molecule has 2 N–H and O–H groups in total. The molecule has 0 aromatic carbocycles. The fourth-order valence-corrected chi connectivity index (χ4v) is 4.35. The zero-order valence-corrected chi connectivity index (χ0v) is 18.9. The number of anilines is 3. The summed E-state index contributed by atoms with van der Waals surface area (Å²) in [5, 5.41) is 6.97. The zero-order chi connectivity index (χ0) is 20.6. The van der Waals surface area contributed by atoms with Gasteiger partial charge in [0.15, 0.2) is 5.11 Å². The fourth-order valence-electron chi connectivity index (χ4n) is 4.16. The largest absolute Gasteiger partial charge is 0.385 e.